The van der Waals surface area contributed by atoms with Crippen LogP contribution in [0.3, 0.4) is 0 Å². The van der Waals surface area contributed by atoms with Gasteiger partial charge < -0.3 is 20.1 Å². The summed E-state index contributed by atoms with van der Waals surface area (Å²) in [5.41, 5.74) is 0.292. The van der Waals surface area contributed by atoms with E-state index in [2.05, 4.69) is 0 Å². The molecule has 0 spiro atoms. The van der Waals surface area contributed by atoms with E-state index in [1.807, 2.05) is 0 Å². The average Bonchev–Trinajstić information content (AvgIpc) is 2.34. The average molecular weight is 273 g/mol. The molecule has 5 nitrogen and oxygen atoms in total. The molecule has 2 unspecified atom stereocenters. The molecule has 0 radical (unpaired) electrons. The molecular formula is C12H13ClO5. The number of aliphatic carboxylic acids is 1. The molecule has 2 atom stereocenters. The van der Waals surface area contributed by atoms with Crippen LogP contribution >= 0.6 is 11.6 Å². The lowest BCUT2D eigenvalue weighted by atomic mass is 10.0. The first-order valence-corrected chi connectivity index (χ1v) is 5.44. The van der Waals surface area contributed by atoms with Crippen LogP contribution in [-0.2, 0) is 9.53 Å². The molecule has 0 aliphatic carbocycles. The minimum Gasteiger partial charge on any atom is -0.498 e. The topological polar surface area (TPSA) is 87.0 Å². The summed E-state index contributed by atoms with van der Waals surface area (Å²) in [4.78, 5) is 10.5. The van der Waals surface area contributed by atoms with E-state index >= 15 is 0 Å². The monoisotopic (exact) mass is 272 g/mol. The Bertz CT molecular complexity index is 458. The first kappa shape index (κ1) is 14.5. The molecule has 3 N–H and O–H groups in total. The van der Waals surface area contributed by atoms with Crippen LogP contribution < -0.4 is 0 Å². The maximum absolute atomic E-state index is 10.5. The van der Waals surface area contributed by atoms with Crippen LogP contribution in [0.25, 0.3) is 0 Å². The normalized spacial score (nSPS) is 15.0. The predicted molar refractivity (Wildman–Crippen MR) is 65.1 cm³/mol. The number of aliphatic hydroxyl groups is 2. The lowest BCUT2D eigenvalue weighted by Crippen LogP contribution is -2.22. The number of carbonyl (C=O) groups is 1. The summed E-state index contributed by atoms with van der Waals surface area (Å²) in [6.45, 7) is 0. The van der Waals surface area contributed by atoms with Gasteiger partial charge in [-0.15, -0.1) is 0 Å². The van der Waals surface area contributed by atoms with Gasteiger partial charge >= 0.3 is 5.97 Å². The van der Waals surface area contributed by atoms with E-state index in [1.54, 1.807) is 18.2 Å². The molecule has 1 aromatic carbocycles. The van der Waals surface area contributed by atoms with Gasteiger partial charge in [0.2, 0.25) is 0 Å². The van der Waals surface area contributed by atoms with E-state index in [0.717, 1.165) is 0 Å². The second-order valence-electron chi connectivity index (χ2n) is 3.50. The third kappa shape index (κ3) is 3.46. The number of carboxylic acids is 1. The zero-order valence-electron chi connectivity index (χ0n) is 9.58. The third-order valence-corrected chi connectivity index (χ3v) is 2.66. The maximum Gasteiger partial charge on any atom is 0.331 e. The summed E-state index contributed by atoms with van der Waals surface area (Å²) in [6.07, 6.45) is -2.19. The summed E-state index contributed by atoms with van der Waals surface area (Å²) in [7, 11) is 1.21. The highest BCUT2D eigenvalue weighted by Crippen LogP contribution is 2.27. The number of benzene rings is 1. The van der Waals surface area contributed by atoms with Crippen LogP contribution in [0.15, 0.2) is 36.1 Å². The number of rotatable bonds is 5. The van der Waals surface area contributed by atoms with Gasteiger partial charge in [0.05, 0.1) is 13.2 Å². The second kappa shape index (κ2) is 6.39. The minimum atomic E-state index is -1.51. The van der Waals surface area contributed by atoms with Gasteiger partial charge in [0.25, 0.3) is 0 Å². The van der Waals surface area contributed by atoms with E-state index in [4.69, 9.17) is 21.4 Å². The summed E-state index contributed by atoms with van der Waals surface area (Å²) >= 11 is 5.87. The van der Waals surface area contributed by atoms with Crippen molar-refractivity contribution in [3.8, 4) is 0 Å². The molecule has 98 valence electrons. The lowest BCUT2D eigenvalue weighted by Gasteiger charge is -2.20. The van der Waals surface area contributed by atoms with E-state index in [1.165, 1.54) is 13.2 Å². The van der Waals surface area contributed by atoms with Crippen LogP contribution in [0.4, 0.5) is 0 Å². The number of aliphatic hydroxyl groups excluding tert-OH is 2. The van der Waals surface area contributed by atoms with Crippen molar-refractivity contribution in [1.82, 2.24) is 0 Å². The van der Waals surface area contributed by atoms with Crippen molar-refractivity contribution in [2.24, 2.45) is 0 Å². The number of carboxylic acid groups (broad SMARTS) is 1. The van der Waals surface area contributed by atoms with Crippen molar-refractivity contribution in [3.63, 3.8) is 0 Å². The molecule has 0 aromatic heterocycles. The van der Waals surface area contributed by atoms with Crippen molar-refractivity contribution >= 4 is 17.6 Å². The van der Waals surface area contributed by atoms with Crippen LogP contribution in [0.2, 0.25) is 5.02 Å². The first-order chi connectivity index (χ1) is 8.47. The number of hydrogen-bond donors (Lipinski definition) is 3. The van der Waals surface area contributed by atoms with Crippen LogP contribution in [0, 0.1) is 0 Å². The van der Waals surface area contributed by atoms with Crippen molar-refractivity contribution in [2.45, 2.75) is 12.2 Å². The molecule has 18 heavy (non-hydrogen) atoms. The highest BCUT2D eigenvalue weighted by Gasteiger charge is 2.25. The van der Waals surface area contributed by atoms with Crippen LogP contribution in [0.5, 0.6) is 0 Å². The Morgan fingerprint density at radius 3 is 2.50 bits per heavy atom. The van der Waals surface area contributed by atoms with Gasteiger partial charge in [-0.05, 0) is 6.07 Å². The van der Waals surface area contributed by atoms with Gasteiger partial charge in [0.1, 0.15) is 18.0 Å². The number of methoxy groups -OCH3 is 1. The smallest absolute Gasteiger partial charge is 0.331 e. The minimum absolute atomic E-state index is 0.255. The molecular weight excluding hydrogens is 260 g/mol. The van der Waals surface area contributed by atoms with E-state index in [9.17, 15) is 15.0 Å². The van der Waals surface area contributed by atoms with E-state index < -0.39 is 18.2 Å². The van der Waals surface area contributed by atoms with Gasteiger partial charge in [-0.2, -0.15) is 0 Å². The van der Waals surface area contributed by atoms with E-state index in [0.29, 0.717) is 11.6 Å². The Hall–Kier alpha value is -1.56. The van der Waals surface area contributed by atoms with Gasteiger partial charge in [-0.25, -0.2) is 4.79 Å². The fourth-order valence-corrected chi connectivity index (χ4v) is 1.67. The molecule has 6 heteroatoms. The van der Waals surface area contributed by atoms with Gasteiger partial charge in [-0.1, -0.05) is 29.8 Å². The Morgan fingerprint density at radius 1 is 1.39 bits per heavy atom. The molecule has 0 aliphatic heterocycles. The summed E-state index contributed by atoms with van der Waals surface area (Å²) in [5, 5.41) is 28.6. The van der Waals surface area contributed by atoms with Crippen molar-refractivity contribution in [1.29, 1.82) is 0 Å². The lowest BCUT2D eigenvalue weighted by molar-refractivity contribution is -0.131. The Kier molecular flexibility index (Phi) is 5.15. The predicted octanol–water partition coefficient (Wildman–Crippen LogP) is 1.35. The highest BCUT2D eigenvalue weighted by atomic mass is 35.5. The highest BCUT2D eigenvalue weighted by molar-refractivity contribution is 6.31. The Balaban J connectivity index is 3.00. The summed E-state index contributed by atoms with van der Waals surface area (Å²) in [5.74, 6) is -1.54. The largest absolute Gasteiger partial charge is 0.498 e. The molecule has 0 saturated carbocycles. The zero-order chi connectivity index (χ0) is 13.7. The van der Waals surface area contributed by atoms with Crippen LogP contribution in [-0.4, -0.2) is 34.5 Å². The van der Waals surface area contributed by atoms with Gasteiger partial charge in [0.15, 0.2) is 0 Å². The fraction of sp³-hybridized carbons (Fsp3) is 0.250. The molecule has 0 amide bonds. The third-order valence-electron chi connectivity index (χ3n) is 2.32. The molecule has 0 saturated heterocycles. The van der Waals surface area contributed by atoms with Crippen molar-refractivity contribution in [2.75, 3.05) is 7.11 Å². The zero-order valence-corrected chi connectivity index (χ0v) is 10.3. The molecule has 1 aromatic rings. The molecule has 0 bridgehead atoms. The maximum atomic E-state index is 10.5. The molecule has 0 heterocycles. The van der Waals surface area contributed by atoms with E-state index in [-0.39, 0.29) is 10.8 Å². The standard InChI is InChI=1S/C12H13ClO5/c1-18-9(6-10(14)15)12(17)11(16)7-4-2-3-5-8(7)13/h2-6,11-12,16-17H,1H3,(H,14,15)/b9-6-. The fourth-order valence-electron chi connectivity index (χ4n) is 1.43. The van der Waals surface area contributed by atoms with Crippen molar-refractivity contribution < 1.29 is 24.9 Å². The summed E-state index contributed by atoms with van der Waals surface area (Å²) in [6, 6.07) is 6.41. The number of halogens is 1. The number of hydrogen-bond acceptors (Lipinski definition) is 4. The Morgan fingerprint density at radius 2 is 2.00 bits per heavy atom. The molecule has 1 rings (SSSR count). The quantitative estimate of drug-likeness (QED) is 0.556. The SMILES string of the molecule is CO/C(=C\C(=O)O)C(O)C(O)c1ccccc1Cl. The Labute approximate surface area is 109 Å². The second-order valence-corrected chi connectivity index (χ2v) is 3.91. The van der Waals surface area contributed by atoms with Crippen LogP contribution in [0.1, 0.15) is 11.7 Å². The van der Waals surface area contributed by atoms with Gasteiger partial charge in [-0.3, -0.25) is 0 Å². The van der Waals surface area contributed by atoms with Gasteiger partial charge in [0, 0.05) is 10.6 Å². The first-order valence-electron chi connectivity index (χ1n) is 5.06. The molecule has 0 aliphatic rings. The molecule has 0 fully saturated rings. The van der Waals surface area contributed by atoms with Crippen molar-refractivity contribution in [3.05, 3.63) is 46.7 Å². The number of ether oxygens (including phenoxy) is 1. The summed E-state index contributed by atoms with van der Waals surface area (Å²) < 4.78 is 4.73.